The highest BCUT2D eigenvalue weighted by Crippen LogP contribution is 2.22. The first-order valence-electron chi connectivity index (χ1n) is 11.2. The molecule has 0 unspecified atom stereocenters. The van der Waals surface area contributed by atoms with Crippen LogP contribution in [-0.2, 0) is 11.2 Å². The summed E-state index contributed by atoms with van der Waals surface area (Å²) in [6, 6.07) is 13.8. The van der Waals surface area contributed by atoms with Crippen LogP contribution in [0.1, 0.15) is 15.9 Å². The number of carbonyl (C=O) groups excluding carboxylic acids is 1. The maximum Gasteiger partial charge on any atom is 0.251 e. The van der Waals surface area contributed by atoms with Crippen molar-refractivity contribution in [2.24, 2.45) is 0 Å². The number of pyridine rings is 2. The summed E-state index contributed by atoms with van der Waals surface area (Å²) in [5.74, 6) is 1.44. The van der Waals surface area contributed by atoms with Gasteiger partial charge in [-0.05, 0) is 30.2 Å². The zero-order valence-corrected chi connectivity index (χ0v) is 18.8. The van der Waals surface area contributed by atoms with Gasteiger partial charge in [0.1, 0.15) is 18.0 Å². The minimum Gasteiger partial charge on any atom is -0.377 e. The molecular formula is C25H25N7O2. The summed E-state index contributed by atoms with van der Waals surface area (Å²) >= 11 is 0. The van der Waals surface area contributed by atoms with Crippen molar-refractivity contribution in [2.75, 3.05) is 37.4 Å². The largest absolute Gasteiger partial charge is 0.377 e. The van der Waals surface area contributed by atoms with Gasteiger partial charge in [-0.25, -0.2) is 15.0 Å². The van der Waals surface area contributed by atoms with Crippen LogP contribution in [0.4, 0.5) is 11.6 Å². The van der Waals surface area contributed by atoms with Gasteiger partial charge in [-0.2, -0.15) is 0 Å². The number of hydrogen-bond donors (Lipinski definition) is 3. The molecule has 9 nitrogen and oxygen atoms in total. The Hall–Kier alpha value is -4.11. The predicted molar refractivity (Wildman–Crippen MR) is 131 cm³/mol. The lowest BCUT2D eigenvalue weighted by Crippen LogP contribution is -2.40. The van der Waals surface area contributed by atoms with Gasteiger partial charge in [-0.15, -0.1) is 0 Å². The van der Waals surface area contributed by atoms with Crippen molar-refractivity contribution in [3.63, 3.8) is 0 Å². The number of para-hydroxylation sites is 1. The Morgan fingerprint density at radius 3 is 2.74 bits per heavy atom. The SMILES string of the molecule is CNC(=O)c1ccnc2c(CCNc3cc(-c4ccc(NC5COC5)nc4)ncn3)cccc12. The van der Waals surface area contributed by atoms with Crippen LogP contribution < -0.4 is 16.0 Å². The van der Waals surface area contributed by atoms with Gasteiger partial charge in [-0.3, -0.25) is 9.78 Å². The highest BCUT2D eigenvalue weighted by molar-refractivity contribution is 6.06. The molecule has 0 aliphatic carbocycles. The van der Waals surface area contributed by atoms with E-state index in [0.29, 0.717) is 31.4 Å². The fraction of sp³-hybridized carbons (Fsp3) is 0.240. The van der Waals surface area contributed by atoms with Gasteiger partial charge in [0, 0.05) is 43.0 Å². The minimum absolute atomic E-state index is 0.119. The third kappa shape index (κ3) is 4.65. The highest BCUT2D eigenvalue weighted by atomic mass is 16.5. The van der Waals surface area contributed by atoms with E-state index in [0.717, 1.165) is 45.8 Å². The van der Waals surface area contributed by atoms with Gasteiger partial charge in [0.2, 0.25) is 0 Å². The van der Waals surface area contributed by atoms with E-state index in [2.05, 4.69) is 35.9 Å². The van der Waals surface area contributed by atoms with Crippen molar-refractivity contribution in [3.05, 3.63) is 72.3 Å². The quantitative estimate of drug-likeness (QED) is 0.372. The molecule has 0 saturated carbocycles. The third-order valence-corrected chi connectivity index (χ3v) is 5.74. The topological polar surface area (TPSA) is 114 Å². The van der Waals surface area contributed by atoms with Gasteiger partial charge >= 0.3 is 0 Å². The molecule has 4 aromatic rings. The third-order valence-electron chi connectivity index (χ3n) is 5.74. The molecule has 0 radical (unpaired) electrons. The number of benzene rings is 1. The first-order valence-corrected chi connectivity index (χ1v) is 11.2. The maximum absolute atomic E-state index is 12.2. The van der Waals surface area contributed by atoms with Gasteiger partial charge in [-0.1, -0.05) is 18.2 Å². The van der Waals surface area contributed by atoms with Crippen LogP contribution in [0.2, 0.25) is 0 Å². The van der Waals surface area contributed by atoms with E-state index in [1.807, 2.05) is 36.4 Å². The predicted octanol–water partition coefficient (Wildman–Crippen LogP) is 2.91. The van der Waals surface area contributed by atoms with Crippen molar-refractivity contribution in [1.29, 1.82) is 0 Å². The summed E-state index contributed by atoms with van der Waals surface area (Å²) in [6.45, 7) is 2.09. The lowest BCUT2D eigenvalue weighted by molar-refractivity contribution is 0.0209. The average molecular weight is 456 g/mol. The van der Waals surface area contributed by atoms with E-state index in [1.54, 1.807) is 31.8 Å². The van der Waals surface area contributed by atoms with Crippen molar-refractivity contribution in [1.82, 2.24) is 25.3 Å². The van der Waals surface area contributed by atoms with E-state index in [1.165, 1.54) is 0 Å². The Morgan fingerprint density at radius 2 is 1.97 bits per heavy atom. The monoisotopic (exact) mass is 455 g/mol. The second-order valence-corrected chi connectivity index (χ2v) is 8.03. The zero-order chi connectivity index (χ0) is 23.3. The Morgan fingerprint density at radius 1 is 1.06 bits per heavy atom. The van der Waals surface area contributed by atoms with Crippen LogP contribution in [0.3, 0.4) is 0 Å². The molecule has 1 amide bonds. The lowest BCUT2D eigenvalue weighted by atomic mass is 10.0. The first-order chi connectivity index (χ1) is 16.7. The fourth-order valence-corrected chi connectivity index (χ4v) is 3.87. The lowest BCUT2D eigenvalue weighted by Gasteiger charge is -2.27. The molecule has 1 saturated heterocycles. The molecule has 3 N–H and O–H groups in total. The molecule has 34 heavy (non-hydrogen) atoms. The summed E-state index contributed by atoms with van der Waals surface area (Å²) in [6.07, 6.45) is 5.76. The molecule has 1 fully saturated rings. The van der Waals surface area contributed by atoms with E-state index in [-0.39, 0.29) is 5.91 Å². The van der Waals surface area contributed by atoms with Gasteiger partial charge in [0.15, 0.2) is 0 Å². The van der Waals surface area contributed by atoms with Crippen molar-refractivity contribution < 1.29 is 9.53 Å². The molecule has 4 heterocycles. The van der Waals surface area contributed by atoms with E-state index in [9.17, 15) is 4.79 Å². The number of rotatable bonds is 8. The van der Waals surface area contributed by atoms with Gasteiger partial charge in [0.05, 0.1) is 36.0 Å². The van der Waals surface area contributed by atoms with Crippen LogP contribution in [0.25, 0.3) is 22.2 Å². The normalized spacial score (nSPS) is 13.3. The Balaban J connectivity index is 1.25. The molecule has 9 heteroatoms. The Bertz CT molecular complexity index is 1310. The smallest absolute Gasteiger partial charge is 0.251 e. The number of aromatic nitrogens is 4. The molecule has 1 aliphatic heterocycles. The molecule has 0 atom stereocenters. The molecular weight excluding hydrogens is 430 g/mol. The molecule has 5 rings (SSSR count). The van der Waals surface area contributed by atoms with E-state index in [4.69, 9.17) is 4.74 Å². The second kappa shape index (κ2) is 9.80. The van der Waals surface area contributed by atoms with Crippen molar-refractivity contribution >= 4 is 28.4 Å². The number of fused-ring (bicyclic) bond motifs is 1. The molecule has 0 spiro atoms. The molecule has 0 bridgehead atoms. The molecule has 1 aromatic carbocycles. The molecule has 172 valence electrons. The average Bonchev–Trinajstić information content (AvgIpc) is 2.86. The molecule has 1 aliphatic rings. The summed E-state index contributed by atoms with van der Waals surface area (Å²) < 4.78 is 5.18. The number of carbonyl (C=O) groups is 1. The maximum atomic E-state index is 12.2. The summed E-state index contributed by atoms with van der Waals surface area (Å²) in [5, 5.41) is 10.2. The van der Waals surface area contributed by atoms with Crippen LogP contribution in [-0.4, -0.2) is 58.7 Å². The number of anilines is 2. The summed E-state index contributed by atoms with van der Waals surface area (Å²) in [5.41, 5.74) is 4.24. The van der Waals surface area contributed by atoms with Crippen molar-refractivity contribution in [3.8, 4) is 11.3 Å². The number of nitrogens with one attached hydrogen (secondary N) is 3. The van der Waals surface area contributed by atoms with Gasteiger partial charge in [0.25, 0.3) is 5.91 Å². The zero-order valence-electron chi connectivity index (χ0n) is 18.8. The minimum atomic E-state index is -0.119. The van der Waals surface area contributed by atoms with Gasteiger partial charge < -0.3 is 20.7 Å². The second-order valence-electron chi connectivity index (χ2n) is 8.03. The summed E-state index contributed by atoms with van der Waals surface area (Å²) in [7, 11) is 1.63. The number of nitrogens with zero attached hydrogens (tertiary/aromatic N) is 4. The van der Waals surface area contributed by atoms with Crippen molar-refractivity contribution in [2.45, 2.75) is 12.5 Å². The fourth-order valence-electron chi connectivity index (χ4n) is 3.87. The highest BCUT2D eigenvalue weighted by Gasteiger charge is 2.18. The number of hydrogen-bond acceptors (Lipinski definition) is 8. The Labute approximate surface area is 197 Å². The van der Waals surface area contributed by atoms with Crippen LogP contribution in [0.15, 0.2) is 61.2 Å². The number of amides is 1. The van der Waals surface area contributed by atoms with Crippen LogP contribution in [0.5, 0.6) is 0 Å². The van der Waals surface area contributed by atoms with Crippen LogP contribution >= 0.6 is 0 Å². The number of ether oxygens (including phenoxy) is 1. The first kappa shape index (κ1) is 21.7. The van der Waals surface area contributed by atoms with Crippen LogP contribution in [0, 0.1) is 0 Å². The summed E-state index contributed by atoms with van der Waals surface area (Å²) in [4.78, 5) is 29.9. The van der Waals surface area contributed by atoms with E-state index < -0.39 is 0 Å². The standard InChI is InChI=1S/C25H25N7O2/c1-26-25(33)20-8-10-28-24-16(3-2-4-19(20)24)7-9-27-23-11-21(30-15-31-23)17-5-6-22(29-12-17)32-18-13-34-14-18/h2-6,8,10-12,15,18H,7,9,13-14H2,1H3,(H,26,33)(H,29,32)(H,27,30,31). The Kier molecular flexibility index (Phi) is 6.26. The van der Waals surface area contributed by atoms with E-state index >= 15 is 0 Å². The molecule has 3 aromatic heterocycles.